The predicted molar refractivity (Wildman–Crippen MR) is 48.0 cm³/mol. The lowest BCUT2D eigenvalue weighted by molar-refractivity contribution is 0.0749. The van der Waals surface area contributed by atoms with Crippen LogP contribution in [0.2, 0.25) is 0 Å². The maximum absolute atomic E-state index is 9.41. The molecule has 1 aliphatic heterocycles. The average molecular weight is 173 g/mol. The van der Waals surface area contributed by atoms with Gasteiger partial charge in [-0.25, -0.2) is 0 Å². The highest BCUT2D eigenvalue weighted by molar-refractivity contribution is 4.91. The van der Waals surface area contributed by atoms with Crippen LogP contribution in [0.15, 0.2) is 0 Å². The van der Waals surface area contributed by atoms with Crippen LogP contribution in [0.4, 0.5) is 0 Å². The summed E-state index contributed by atoms with van der Waals surface area (Å²) >= 11 is 0. The third kappa shape index (κ3) is 1.97. The summed E-state index contributed by atoms with van der Waals surface area (Å²) in [4.78, 5) is 2.16. The van der Waals surface area contributed by atoms with E-state index >= 15 is 0 Å². The molecule has 3 nitrogen and oxygen atoms in total. The lowest BCUT2D eigenvalue weighted by Crippen LogP contribution is -2.46. The van der Waals surface area contributed by atoms with Gasteiger partial charge in [0.2, 0.25) is 0 Å². The smallest absolute Gasteiger partial charge is 0.0683 e. The van der Waals surface area contributed by atoms with Crippen LogP contribution in [-0.2, 0) is 0 Å². The van der Waals surface area contributed by atoms with Crippen molar-refractivity contribution in [1.29, 1.82) is 0 Å². The molecule has 1 rings (SSSR count). The van der Waals surface area contributed by atoms with E-state index in [1.807, 2.05) is 0 Å². The molecule has 0 aromatic carbocycles. The second-order valence-electron chi connectivity index (χ2n) is 4.55. The maximum Gasteiger partial charge on any atom is 0.0683 e. The predicted octanol–water partition coefficient (Wildman–Crippen LogP) is 0.212. The van der Waals surface area contributed by atoms with Crippen LogP contribution in [-0.4, -0.2) is 45.9 Å². The topological polar surface area (TPSA) is 43.7 Å². The van der Waals surface area contributed by atoms with Crippen molar-refractivity contribution in [2.24, 2.45) is 0 Å². The number of β-amino-alcohol motifs (C(OH)–C–C–N with tert-alkyl or cyclic N) is 1. The Morgan fingerprint density at radius 2 is 2.00 bits per heavy atom. The summed E-state index contributed by atoms with van der Waals surface area (Å²) in [6.45, 7) is 7.15. The van der Waals surface area contributed by atoms with Crippen LogP contribution in [0, 0.1) is 0 Å². The summed E-state index contributed by atoms with van der Waals surface area (Å²) in [7, 11) is 0. The normalized spacial score (nSPS) is 32.8. The Labute approximate surface area is 74.0 Å². The van der Waals surface area contributed by atoms with Gasteiger partial charge in [-0.2, -0.15) is 0 Å². The molecule has 0 aromatic rings. The van der Waals surface area contributed by atoms with Gasteiger partial charge in [-0.15, -0.1) is 0 Å². The Kier molecular flexibility index (Phi) is 2.76. The van der Waals surface area contributed by atoms with Gasteiger partial charge in [0.25, 0.3) is 0 Å². The van der Waals surface area contributed by atoms with Gasteiger partial charge in [0, 0.05) is 18.1 Å². The van der Waals surface area contributed by atoms with Crippen molar-refractivity contribution >= 4 is 0 Å². The number of nitrogens with zero attached hydrogens (tertiary/aromatic N) is 1. The molecular formula is C9H19NO2. The monoisotopic (exact) mass is 173 g/mol. The number of aliphatic hydroxyl groups is 2. The molecular weight excluding hydrogens is 154 g/mol. The number of likely N-dealkylation sites (tertiary alicyclic amines) is 1. The minimum absolute atomic E-state index is 0.0465. The lowest BCUT2D eigenvalue weighted by atomic mass is 10.1. The molecule has 0 spiro atoms. The first-order chi connectivity index (χ1) is 5.45. The van der Waals surface area contributed by atoms with Gasteiger partial charge in [0.15, 0.2) is 0 Å². The third-order valence-corrected chi connectivity index (χ3v) is 2.46. The minimum atomic E-state index is -0.263. The first-order valence-electron chi connectivity index (χ1n) is 4.51. The minimum Gasteiger partial charge on any atom is -0.395 e. The van der Waals surface area contributed by atoms with Crippen molar-refractivity contribution in [2.45, 2.75) is 44.9 Å². The number of hydrogen-bond donors (Lipinski definition) is 2. The summed E-state index contributed by atoms with van der Waals surface area (Å²) in [5.41, 5.74) is 0.0465. The van der Waals surface area contributed by atoms with Crippen LogP contribution in [0.5, 0.6) is 0 Å². The molecule has 12 heavy (non-hydrogen) atoms. The summed E-state index contributed by atoms with van der Waals surface area (Å²) in [6, 6.07) is 0.139. The van der Waals surface area contributed by atoms with E-state index in [4.69, 9.17) is 5.11 Å². The largest absolute Gasteiger partial charge is 0.395 e. The highest BCUT2D eigenvalue weighted by Gasteiger charge is 2.36. The molecule has 0 aliphatic carbocycles. The van der Waals surface area contributed by atoms with Crippen LogP contribution in [0.3, 0.4) is 0 Å². The zero-order valence-electron chi connectivity index (χ0n) is 8.12. The summed E-state index contributed by atoms with van der Waals surface area (Å²) < 4.78 is 0. The molecule has 2 N–H and O–H groups in total. The molecule has 1 aliphatic rings. The fourth-order valence-electron chi connectivity index (χ4n) is 1.89. The number of hydrogen-bond acceptors (Lipinski definition) is 3. The van der Waals surface area contributed by atoms with Crippen molar-refractivity contribution in [3.63, 3.8) is 0 Å². The standard InChI is InChI=1S/C9H19NO2/c1-9(2,3)10-5-8(12)4-7(10)6-11/h7-8,11-12H,4-6H2,1-3H3/t7-,8+/m1/s1. The maximum atomic E-state index is 9.41. The van der Waals surface area contributed by atoms with E-state index in [2.05, 4.69) is 25.7 Å². The Hall–Kier alpha value is -0.120. The molecule has 2 atom stereocenters. The lowest BCUT2D eigenvalue weighted by Gasteiger charge is -2.35. The molecule has 1 fully saturated rings. The molecule has 0 saturated carbocycles. The average Bonchev–Trinajstić information content (AvgIpc) is 2.29. The molecule has 0 amide bonds. The molecule has 72 valence electrons. The van der Waals surface area contributed by atoms with Crippen LogP contribution in [0.1, 0.15) is 27.2 Å². The Bertz CT molecular complexity index is 153. The van der Waals surface area contributed by atoms with Crippen molar-refractivity contribution in [2.75, 3.05) is 13.2 Å². The highest BCUT2D eigenvalue weighted by atomic mass is 16.3. The van der Waals surface area contributed by atoms with E-state index in [1.165, 1.54) is 0 Å². The fourth-order valence-corrected chi connectivity index (χ4v) is 1.89. The van der Waals surface area contributed by atoms with Gasteiger partial charge in [-0.1, -0.05) is 0 Å². The van der Waals surface area contributed by atoms with Gasteiger partial charge in [0.05, 0.1) is 12.7 Å². The SMILES string of the molecule is CC(C)(C)N1C[C@@H](O)C[C@@H]1CO. The van der Waals surface area contributed by atoms with E-state index in [0.717, 1.165) is 0 Å². The van der Waals surface area contributed by atoms with E-state index in [1.54, 1.807) is 0 Å². The van der Waals surface area contributed by atoms with Crippen molar-refractivity contribution < 1.29 is 10.2 Å². The second kappa shape index (κ2) is 3.32. The van der Waals surface area contributed by atoms with E-state index in [-0.39, 0.29) is 24.3 Å². The van der Waals surface area contributed by atoms with Gasteiger partial charge in [-0.3, -0.25) is 4.90 Å². The van der Waals surface area contributed by atoms with E-state index in [0.29, 0.717) is 13.0 Å². The number of aliphatic hydroxyl groups excluding tert-OH is 2. The number of rotatable bonds is 1. The zero-order chi connectivity index (χ0) is 9.35. The molecule has 0 bridgehead atoms. The van der Waals surface area contributed by atoms with Crippen LogP contribution in [0.25, 0.3) is 0 Å². The molecule has 1 heterocycles. The van der Waals surface area contributed by atoms with Crippen molar-refractivity contribution in [1.82, 2.24) is 4.90 Å². The van der Waals surface area contributed by atoms with Crippen LogP contribution >= 0.6 is 0 Å². The fraction of sp³-hybridized carbons (Fsp3) is 1.00. The van der Waals surface area contributed by atoms with Crippen molar-refractivity contribution in [3.05, 3.63) is 0 Å². The van der Waals surface area contributed by atoms with Gasteiger partial charge in [0.1, 0.15) is 0 Å². The Morgan fingerprint density at radius 3 is 2.33 bits per heavy atom. The first kappa shape index (κ1) is 9.96. The molecule has 1 saturated heterocycles. The van der Waals surface area contributed by atoms with Crippen LogP contribution < -0.4 is 0 Å². The molecule has 0 radical (unpaired) electrons. The van der Waals surface area contributed by atoms with Gasteiger partial charge < -0.3 is 10.2 Å². The Morgan fingerprint density at radius 1 is 1.42 bits per heavy atom. The van der Waals surface area contributed by atoms with Gasteiger partial charge in [-0.05, 0) is 27.2 Å². The quantitative estimate of drug-likeness (QED) is 0.596. The summed E-state index contributed by atoms with van der Waals surface area (Å²) in [5.74, 6) is 0. The summed E-state index contributed by atoms with van der Waals surface area (Å²) in [6.07, 6.45) is 0.440. The first-order valence-corrected chi connectivity index (χ1v) is 4.51. The molecule has 0 unspecified atom stereocenters. The third-order valence-electron chi connectivity index (χ3n) is 2.46. The second-order valence-corrected chi connectivity index (χ2v) is 4.55. The Balaban J connectivity index is 2.64. The highest BCUT2D eigenvalue weighted by Crippen LogP contribution is 2.25. The van der Waals surface area contributed by atoms with E-state index < -0.39 is 0 Å². The van der Waals surface area contributed by atoms with Crippen molar-refractivity contribution in [3.8, 4) is 0 Å². The van der Waals surface area contributed by atoms with Gasteiger partial charge >= 0.3 is 0 Å². The molecule has 3 heteroatoms. The molecule has 0 aromatic heterocycles. The van der Waals surface area contributed by atoms with E-state index in [9.17, 15) is 5.11 Å². The zero-order valence-corrected chi connectivity index (χ0v) is 8.12. The summed E-state index contributed by atoms with van der Waals surface area (Å²) in [5, 5.41) is 18.5.